The van der Waals surface area contributed by atoms with Crippen LogP contribution in [-0.2, 0) is 23.9 Å². The maximum Gasteiger partial charge on any atom is 0.328 e. The lowest BCUT2D eigenvalue weighted by Gasteiger charge is -2.21. The van der Waals surface area contributed by atoms with Gasteiger partial charge in [0.2, 0.25) is 5.91 Å². The molecule has 8 nitrogen and oxygen atoms in total. The minimum atomic E-state index is -0.981. The van der Waals surface area contributed by atoms with Crippen LogP contribution in [0.4, 0.5) is 5.69 Å². The quantitative estimate of drug-likeness (QED) is 0.703. The summed E-state index contributed by atoms with van der Waals surface area (Å²) in [7, 11) is 1.21. The predicted octanol–water partition coefficient (Wildman–Crippen LogP) is 2.04. The fourth-order valence-corrected chi connectivity index (χ4v) is 2.20. The van der Waals surface area contributed by atoms with Crippen molar-refractivity contribution >= 4 is 29.4 Å². The first-order chi connectivity index (χ1) is 12.5. The zero-order valence-electron chi connectivity index (χ0n) is 16.3. The van der Waals surface area contributed by atoms with E-state index in [9.17, 15) is 19.2 Å². The molecule has 0 fully saturated rings. The third-order valence-corrected chi connectivity index (χ3v) is 3.32. The number of amides is 2. The van der Waals surface area contributed by atoms with Gasteiger partial charge < -0.3 is 20.1 Å². The Morgan fingerprint density at radius 2 is 1.67 bits per heavy atom. The lowest BCUT2D eigenvalue weighted by atomic mass is 10.1. The third-order valence-electron chi connectivity index (χ3n) is 3.32. The highest BCUT2D eigenvalue weighted by Crippen LogP contribution is 2.12. The SMILES string of the molecule is COC(=O)[C@H](CCC(=O)OC(C)(C)C)NC(=O)c1ccc(NC(C)=O)cc1. The number of hydrogen-bond acceptors (Lipinski definition) is 6. The van der Waals surface area contributed by atoms with Gasteiger partial charge in [-0.3, -0.25) is 14.4 Å². The van der Waals surface area contributed by atoms with Gasteiger partial charge in [0.05, 0.1) is 7.11 Å². The first-order valence-corrected chi connectivity index (χ1v) is 8.50. The molecule has 0 heterocycles. The summed E-state index contributed by atoms with van der Waals surface area (Å²) in [6.45, 7) is 6.62. The van der Waals surface area contributed by atoms with Crippen molar-refractivity contribution in [3.63, 3.8) is 0 Å². The summed E-state index contributed by atoms with van der Waals surface area (Å²) in [5, 5.41) is 5.15. The van der Waals surface area contributed by atoms with Gasteiger partial charge in [-0.05, 0) is 51.5 Å². The van der Waals surface area contributed by atoms with Gasteiger partial charge in [0.25, 0.3) is 5.91 Å². The van der Waals surface area contributed by atoms with Crippen molar-refractivity contribution in [2.45, 2.75) is 52.2 Å². The minimum Gasteiger partial charge on any atom is -0.467 e. The van der Waals surface area contributed by atoms with Crippen LogP contribution in [0.3, 0.4) is 0 Å². The van der Waals surface area contributed by atoms with Crippen molar-refractivity contribution in [2.75, 3.05) is 12.4 Å². The monoisotopic (exact) mass is 378 g/mol. The number of nitrogens with one attached hydrogen (secondary N) is 2. The number of hydrogen-bond donors (Lipinski definition) is 2. The van der Waals surface area contributed by atoms with Crippen LogP contribution in [0.5, 0.6) is 0 Å². The summed E-state index contributed by atoms with van der Waals surface area (Å²) in [6.07, 6.45) is 0.0100. The van der Waals surface area contributed by atoms with E-state index in [-0.39, 0.29) is 18.7 Å². The Bertz CT molecular complexity index is 691. The molecule has 1 aromatic rings. The van der Waals surface area contributed by atoms with Crippen molar-refractivity contribution in [1.82, 2.24) is 5.32 Å². The molecule has 1 rings (SSSR count). The molecule has 2 amide bonds. The summed E-state index contributed by atoms with van der Waals surface area (Å²) in [6, 6.07) is 5.20. The number of anilines is 1. The molecule has 0 bridgehead atoms. The minimum absolute atomic E-state index is 0.0429. The molecule has 0 aliphatic heterocycles. The van der Waals surface area contributed by atoms with E-state index in [1.54, 1.807) is 32.9 Å². The number of esters is 2. The summed E-state index contributed by atoms with van der Waals surface area (Å²) in [4.78, 5) is 47.1. The van der Waals surface area contributed by atoms with Crippen LogP contribution < -0.4 is 10.6 Å². The molecular formula is C19H26N2O6. The van der Waals surface area contributed by atoms with E-state index in [2.05, 4.69) is 10.6 Å². The largest absolute Gasteiger partial charge is 0.467 e. The van der Waals surface area contributed by atoms with Gasteiger partial charge in [-0.2, -0.15) is 0 Å². The Kier molecular flexibility index (Phi) is 7.96. The van der Waals surface area contributed by atoms with Crippen LogP contribution in [0.15, 0.2) is 24.3 Å². The van der Waals surface area contributed by atoms with Crippen molar-refractivity contribution in [1.29, 1.82) is 0 Å². The van der Waals surface area contributed by atoms with Gasteiger partial charge in [-0.25, -0.2) is 4.79 Å². The maximum absolute atomic E-state index is 12.4. The number of ether oxygens (including phenoxy) is 2. The van der Waals surface area contributed by atoms with Gasteiger partial charge in [0.1, 0.15) is 11.6 Å². The Labute approximate surface area is 158 Å². The van der Waals surface area contributed by atoms with Crippen molar-refractivity contribution in [3.05, 3.63) is 29.8 Å². The second-order valence-corrected chi connectivity index (χ2v) is 6.93. The smallest absolute Gasteiger partial charge is 0.328 e. The van der Waals surface area contributed by atoms with E-state index >= 15 is 0 Å². The second-order valence-electron chi connectivity index (χ2n) is 6.93. The molecular weight excluding hydrogens is 352 g/mol. The molecule has 0 radical (unpaired) electrons. The van der Waals surface area contributed by atoms with Gasteiger partial charge in [0, 0.05) is 24.6 Å². The van der Waals surface area contributed by atoms with Gasteiger partial charge in [-0.1, -0.05) is 0 Å². The second kappa shape index (κ2) is 9.70. The highest BCUT2D eigenvalue weighted by molar-refractivity contribution is 5.97. The molecule has 0 unspecified atom stereocenters. The Morgan fingerprint density at radius 3 is 2.15 bits per heavy atom. The number of carbonyl (C=O) groups is 4. The number of benzene rings is 1. The molecule has 0 aromatic heterocycles. The zero-order valence-corrected chi connectivity index (χ0v) is 16.3. The molecule has 1 atom stereocenters. The van der Waals surface area contributed by atoms with E-state index in [0.717, 1.165) is 0 Å². The molecule has 0 aliphatic carbocycles. The van der Waals surface area contributed by atoms with Crippen molar-refractivity contribution < 1.29 is 28.7 Å². The predicted molar refractivity (Wildman–Crippen MR) is 99.1 cm³/mol. The molecule has 0 aliphatic rings. The van der Waals surface area contributed by atoms with Gasteiger partial charge >= 0.3 is 11.9 Å². The van der Waals surface area contributed by atoms with Crippen molar-refractivity contribution in [2.24, 2.45) is 0 Å². The summed E-state index contributed by atoms with van der Waals surface area (Å²) in [5.41, 5.74) is 0.222. The maximum atomic E-state index is 12.4. The normalized spacial score (nSPS) is 11.9. The number of rotatable bonds is 7. The van der Waals surface area contributed by atoms with E-state index in [0.29, 0.717) is 11.3 Å². The first kappa shape index (κ1) is 22.1. The topological polar surface area (TPSA) is 111 Å². The highest BCUT2D eigenvalue weighted by Gasteiger charge is 2.25. The molecule has 27 heavy (non-hydrogen) atoms. The lowest BCUT2D eigenvalue weighted by molar-refractivity contribution is -0.155. The molecule has 148 valence electrons. The van der Waals surface area contributed by atoms with Crippen LogP contribution in [0, 0.1) is 0 Å². The first-order valence-electron chi connectivity index (χ1n) is 8.50. The average molecular weight is 378 g/mol. The summed E-state index contributed by atoms with van der Waals surface area (Å²) < 4.78 is 9.89. The van der Waals surface area contributed by atoms with Crippen LogP contribution >= 0.6 is 0 Å². The zero-order chi connectivity index (χ0) is 20.6. The molecule has 2 N–H and O–H groups in total. The molecule has 0 saturated carbocycles. The molecule has 8 heteroatoms. The summed E-state index contributed by atoms with van der Waals surface area (Å²) >= 11 is 0. The van der Waals surface area contributed by atoms with Crippen molar-refractivity contribution in [3.8, 4) is 0 Å². The van der Waals surface area contributed by atoms with E-state index in [1.807, 2.05) is 0 Å². The fraction of sp³-hybridized carbons (Fsp3) is 0.474. The Hall–Kier alpha value is -2.90. The number of carbonyl (C=O) groups excluding carboxylic acids is 4. The molecule has 0 saturated heterocycles. The van der Waals surface area contributed by atoms with Crippen LogP contribution in [0.2, 0.25) is 0 Å². The van der Waals surface area contributed by atoms with E-state index in [1.165, 1.54) is 26.2 Å². The van der Waals surface area contributed by atoms with E-state index in [4.69, 9.17) is 9.47 Å². The Balaban J connectivity index is 2.72. The van der Waals surface area contributed by atoms with Crippen LogP contribution in [0.1, 0.15) is 50.9 Å². The molecule has 1 aromatic carbocycles. The van der Waals surface area contributed by atoms with E-state index < -0.39 is 29.5 Å². The van der Waals surface area contributed by atoms with Crippen LogP contribution in [-0.4, -0.2) is 42.5 Å². The standard InChI is InChI=1S/C19H26N2O6/c1-12(22)20-14-8-6-13(7-9-14)17(24)21-15(18(25)26-5)10-11-16(23)27-19(2,3)4/h6-9,15H,10-11H2,1-5H3,(H,20,22)(H,21,24)/t15-/m0/s1. The average Bonchev–Trinajstić information content (AvgIpc) is 2.56. The summed E-state index contributed by atoms with van der Waals surface area (Å²) in [5.74, 6) is -1.84. The lowest BCUT2D eigenvalue weighted by Crippen LogP contribution is -2.42. The van der Waals surface area contributed by atoms with Gasteiger partial charge in [0.15, 0.2) is 0 Å². The Morgan fingerprint density at radius 1 is 1.07 bits per heavy atom. The van der Waals surface area contributed by atoms with Crippen LogP contribution in [0.25, 0.3) is 0 Å². The number of methoxy groups -OCH3 is 1. The van der Waals surface area contributed by atoms with Gasteiger partial charge in [-0.15, -0.1) is 0 Å². The highest BCUT2D eigenvalue weighted by atomic mass is 16.6. The molecule has 0 spiro atoms. The third kappa shape index (κ3) is 8.35. The fourth-order valence-electron chi connectivity index (χ4n) is 2.20.